The summed E-state index contributed by atoms with van der Waals surface area (Å²) in [4.78, 5) is 18.6. The van der Waals surface area contributed by atoms with E-state index in [1.807, 2.05) is 0 Å². The van der Waals surface area contributed by atoms with Gasteiger partial charge in [-0.05, 0) is 36.6 Å². The van der Waals surface area contributed by atoms with Crippen molar-refractivity contribution in [2.24, 2.45) is 0 Å². The predicted octanol–water partition coefficient (Wildman–Crippen LogP) is 4.07. The number of imidazole rings is 1. The molecule has 4 N–H and O–H groups in total. The van der Waals surface area contributed by atoms with Crippen LogP contribution in [0.3, 0.4) is 0 Å². The highest BCUT2D eigenvalue weighted by molar-refractivity contribution is 7.86. The van der Waals surface area contributed by atoms with Gasteiger partial charge in [0, 0.05) is 11.6 Å². The summed E-state index contributed by atoms with van der Waals surface area (Å²) < 4.78 is 32.6. The van der Waals surface area contributed by atoms with Crippen LogP contribution >= 0.6 is 23.2 Å². The van der Waals surface area contributed by atoms with E-state index in [1.165, 1.54) is 6.07 Å². The zero-order valence-corrected chi connectivity index (χ0v) is 16.5. The van der Waals surface area contributed by atoms with Crippen LogP contribution in [-0.2, 0) is 10.1 Å². The van der Waals surface area contributed by atoms with E-state index in [2.05, 4.69) is 20.6 Å². The van der Waals surface area contributed by atoms with Crippen molar-refractivity contribution in [2.75, 3.05) is 5.32 Å². The average molecular weight is 441 g/mol. The molecular formula is C17H14Cl2N4O4S. The van der Waals surface area contributed by atoms with Crippen LogP contribution in [0.1, 0.15) is 12.8 Å². The van der Waals surface area contributed by atoms with Gasteiger partial charge in [0.05, 0.1) is 21.1 Å². The normalized spacial score (nSPS) is 14.2. The van der Waals surface area contributed by atoms with Gasteiger partial charge in [-0.2, -0.15) is 8.42 Å². The third kappa shape index (κ3) is 3.79. The lowest BCUT2D eigenvalue weighted by atomic mass is 10.1. The lowest BCUT2D eigenvalue weighted by Crippen LogP contribution is -2.30. The second-order valence-corrected chi connectivity index (χ2v) is 8.55. The number of aromatic amines is 1. The van der Waals surface area contributed by atoms with Gasteiger partial charge in [0.2, 0.25) is 5.95 Å². The summed E-state index contributed by atoms with van der Waals surface area (Å²) in [5.74, 6) is 0.283. The second-order valence-electron chi connectivity index (χ2n) is 6.40. The highest BCUT2D eigenvalue weighted by Crippen LogP contribution is 2.38. The molecule has 3 aromatic rings. The quantitative estimate of drug-likeness (QED) is 0.455. The van der Waals surface area contributed by atoms with Gasteiger partial charge in [0.1, 0.15) is 4.90 Å². The molecule has 1 aliphatic rings. The number of fused-ring (bicyclic) bond motifs is 1. The molecule has 28 heavy (non-hydrogen) atoms. The first kappa shape index (κ1) is 19.0. The Morgan fingerprint density at radius 1 is 1.21 bits per heavy atom. The van der Waals surface area contributed by atoms with Gasteiger partial charge in [0.15, 0.2) is 0 Å². The van der Waals surface area contributed by atoms with E-state index in [1.54, 1.807) is 24.3 Å². The maximum atomic E-state index is 11.8. The molecule has 0 spiro atoms. The van der Waals surface area contributed by atoms with Crippen molar-refractivity contribution >= 4 is 56.3 Å². The fourth-order valence-corrected chi connectivity index (χ4v) is 4.50. The minimum Gasteiger partial charge on any atom is -0.335 e. The van der Waals surface area contributed by atoms with Crippen LogP contribution in [0, 0.1) is 0 Å². The average Bonchev–Trinajstić information content (AvgIpc) is 3.30. The highest BCUT2D eigenvalue weighted by atomic mass is 35.5. The van der Waals surface area contributed by atoms with Crippen LogP contribution in [-0.4, -0.2) is 35.0 Å². The van der Waals surface area contributed by atoms with Crippen molar-refractivity contribution in [3.63, 3.8) is 0 Å². The first-order chi connectivity index (χ1) is 13.2. The van der Waals surface area contributed by atoms with Gasteiger partial charge in [-0.3, -0.25) is 9.87 Å². The molecule has 0 unspecified atom stereocenters. The molecule has 0 saturated heterocycles. The first-order valence-corrected chi connectivity index (χ1v) is 10.4. The first-order valence-electron chi connectivity index (χ1n) is 8.25. The molecule has 1 heterocycles. The summed E-state index contributed by atoms with van der Waals surface area (Å²) >= 11 is 12.1. The molecule has 4 rings (SSSR count). The SMILES string of the molecule is O=C(Nc1nc2ccc(-c3ccc(Cl)c(S(=O)(=O)O)c3Cl)cc2[nH]1)NC1CC1. The third-order valence-corrected chi connectivity index (χ3v) is 6.12. The number of hydrogen-bond acceptors (Lipinski definition) is 4. The molecule has 1 fully saturated rings. The van der Waals surface area contributed by atoms with E-state index in [9.17, 15) is 17.8 Å². The minimum atomic E-state index is -4.59. The van der Waals surface area contributed by atoms with Gasteiger partial charge < -0.3 is 10.3 Å². The third-order valence-electron chi connectivity index (χ3n) is 4.24. The summed E-state index contributed by atoms with van der Waals surface area (Å²) in [6, 6.07) is 7.89. The molecule has 0 radical (unpaired) electrons. The van der Waals surface area contributed by atoms with Crippen molar-refractivity contribution in [1.82, 2.24) is 15.3 Å². The molecule has 0 bridgehead atoms. The molecule has 1 saturated carbocycles. The molecule has 11 heteroatoms. The standard InChI is InChI=1S/C17H14Cl2N4O4S/c18-11-5-4-10(14(19)15(11)28(25,26)27)8-1-6-12-13(7-8)22-16(21-12)23-17(24)20-9-2-3-9/h1,4-7,9H,2-3H2,(H,25,26,27)(H3,20,21,22,23,24). The zero-order chi connectivity index (χ0) is 20.1. The number of hydrogen-bond donors (Lipinski definition) is 4. The maximum absolute atomic E-state index is 11.8. The fourth-order valence-electron chi connectivity index (χ4n) is 2.78. The highest BCUT2D eigenvalue weighted by Gasteiger charge is 2.24. The molecule has 1 aliphatic carbocycles. The van der Waals surface area contributed by atoms with Crippen molar-refractivity contribution in [1.29, 1.82) is 0 Å². The lowest BCUT2D eigenvalue weighted by molar-refractivity contribution is 0.251. The molecule has 146 valence electrons. The van der Waals surface area contributed by atoms with Gasteiger partial charge >= 0.3 is 6.03 Å². The number of rotatable bonds is 4. The molecule has 1 aromatic heterocycles. The Morgan fingerprint density at radius 2 is 1.96 bits per heavy atom. The van der Waals surface area contributed by atoms with Crippen LogP contribution in [0.5, 0.6) is 0 Å². The van der Waals surface area contributed by atoms with Gasteiger partial charge in [0.25, 0.3) is 10.1 Å². The molecule has 0 atom stereocenters. The van der Waals surface area contributed by atoms with Crippen LogP contribution in [0.4, 0.5) is 10.7 Å². The van der Waals surface area contributed by atoms with Crippen molar-refractivity contribution < 1.29 is 17.8 Å². The van der Waals surface area contributed by atoms with Crippen molar-refractivity contribution in [3.05, 3.63) is 40.4 Å². The number of nitrogens with one attached hydrogen (secondary N) is 3. The molecular weight excluding hydrogens is 427 g/mol. The summed E-state index contributed by atoms with van der Waals surface area (Å²) in [5.41, 5.74) is 2.16. The zero-order valence-electron chi connectivity index (χ0n) is 14.2. The number of aromatic nitrogens is 2. The number of carbonyl (C=O) groups excluding carboxylic acids is 1. The predicted molar refractivity (Wildman–Crippen MR) is 107 cm³/mol. The summed E-state index contributed by atoms with van der Waals surface area (Å²) in [5, 5.41) is 5.08. The monoisotopic (exact) mass is 440 g/mol. The van der Waals surface area contributed by atoms with Crippen LogP contribution in [0.2, 0.25) is 10.0 Å². The lowest BCUT2D eigenvalue weighted by Gasteiger charge is -2.09. The van der Waals surface area contributed by atoms with Crippen molar-refractivity contribution in [3.8, 4) is 11.1 Å². The number of carbonyl (C=O) groups is 1. The Labute approximate surface area is 170 Å². The van der Waals surface area contributed by atoms with Crippen LogP contribution < -0.4 is 10.6 Å². The fraction of sp³-hybridized carbons (Fsp3) is 0.176. The van der Waals surface area contributed by atoms with E-state index in [4.69, 9.17) is 23.2 Å². The van der Waals surface area contributed by atoms with Crippen molar-refractivity contribution in [2.45, 2.75) is 23.8 Å². The largest absolute Gasteiger partial charge is 0.335 e. The maximum Gasteiger partial charge on any atom is 0.321 e. The van der Waals surface area contributed by atoms with E-state index in [-0.39, 0.29) is 28.1 Å². The Morgan fingerprint density at radius 3 is 2.64 bits per heavy atom. The van der Waals surface area contributed by atoms with Gasteiger partial charge in [-0.1, -0.05) is 35.3 Å². The molecule has 0 aliphatic heterocycles. The smallest absolute Gasteiger partial charge is 0.321 e. The number of nitrogens with zero attached hydrogens (tertiary/aromatic N) is 1. The minimum absolute atomic E-state index is 0.174. The topological polar surface area (TPSA) is 124 Å². The van der Waals surface area contributed by atoms with E-state index < -0.39 is 15.0 Å². The second kappa shape index (κ2) is 6.93. The van der Waals surface area contributed by atoms with Crippen LogP contribution in [0.15, 0.2) is 35.2 Å². The van der Waals surface area contributed by atoms with Gasteiger partial charge in [-0.25, -0.2) is 9.78 Å². The number of halogens is 2. The Hall–Kier alpha value is -2.33. The Bertz CT molecular complexity index is 1210. The Balaban J connectivity index is 1.69. The number of anilines is 1. The van der Waals surface area contributed by atoms with Crippen LogP contribution in [0.25, 0.3) is 22.2 Å². The van der Waals surface area contributed by atoms with Gasteiger partial charge in [-0.15, -0.1) is 0 Å². The summed E-state index contributed by atoms with van der Waals surface area (Å²) in [6.45, 7) is 0. The van der Waals surface area contributed by atoms with E-state index in [0.717, 1.165) is 12.8 Å². The molecule has 2 aromatic carbocycles. The summed E-state index contributed by atoms with van der Waals surface area (Å²) in [7, 11) is -4.59. The van der Waals surface area contributed by atoms with E-state index >= 15 is 0 Å². The Kier molecular flexibility index (Phi) is 4.70. The molecule has 2 amide bonds. The van der Waals surface area contributed by atoms with E-state index in [0.29, 0.717) is 22.2 Å². The number of benzene rings is 2. The number of amides is 2. The number of H-pyrrole nitrogens is 1. The summed E-state index contributed by atoms with van der Waals surface area (Å²) in [6.07, 6.45) is 1.95. The molecule has 8 nitrogen and oxygen atoms in total. The number of urea groups is 1.